The van der Waals surface area contributed by atoms with Crippen molar-refractivity contribution in [2.24, 2.45) is 5.41 Å². The molecule has 0 amide bonds. The van der Waals surface area contributed by atoms with Crippen LogP contribution in [0.2, 0.25) is 0 Å². The average Bonchev–Trinajstić information content (AvgIpc) is 2.31. The van der Waals surface area contributed by atoms with Gasteiger partial charge in [-0.05, 0) is 37.3 Å². The molecule has 100 valence electrons. The maximum atomic E-state index is 5.85. The molecule has 2 N–H and O–H groups in total. The van der Waals surface area contributed by atoms with E-state index in [1.54, 1.807) is 0 Å². The number of hydrogen-bond donors (Lipinski definition) is 1. The molecular formula is C14H23N3O. The average molecular weight is 249 g/mol. The predicted octanol–water partition coefficient (Wildman–Crippen LogP) is 2.69. The van der Waals surface area contributed by atoms with Gasteiger partial charge < -0.3 is 15.4 Å². The molecule has 1 fully saturated rings. The summed E-state index contributed by atoms with van der Waals surface area (Å²) in [5.74, 6) is 1.53. The number of aromatic nitrogens is 1. The Kier molecular flexibility index (Phi) is 3.64. The van der Waals surface area contributed by atoms with E-state index in [1.807, 2.05) is 19.1 Å². The van der Waals surface area contributed by atoms with Crippen LogP contribution in [0.15, 0.2) is 12.1 Å². The highest BCUT2D eigenvalue weighted by molar-refractivity contribution is 5.54. The molecule has 1 aliphatic rings. The number of hydrogen-bond acceptors (Lipinski definition) is 4. The molecule has 4 heteroatoms. The van der Waals surface area contributed by atoms with Crippen LogP contribution in [-0.2, 0) is 0 Å². The molecule has 1 aromatic heterocycles. The summed E-state index contributed by atoms with van der Waals surface area (Å²) in [6.07, 6.45) is 2.49. The van der Waals surface area contributed by atoms with Crippen molar-refractivity contribution in [2.75, 3.05) is 30.3 Å². The first-order valence-electron chi connectivity index (χ1n) is 6.66. The van der Waals surface area contributed by atoms with Crippen molar-refractivity contribution in [2.45, 2.75) is 33.6 Å². The molecule has 0 aliphatic carbocycles. The number of nitrogens with zero attached hydrogens (tertiary/aromatic N) is 2. The van der Waals surface area contributed by atoms with Crippen LogP contribution in [0.25, 0.3) is 0 Å². The zero-order chi connectivity index (χ0) is 13.2. The Labute approximate surface area is 109 Å². The minimum atomic E-state index is 0.354. The third-order valence-electron chi connectivity index (χ3n) is 3.38. The summed E-state index contributed by atoms with van der Waals surface area (Å²) in [6, 6.07) is 3.87. The fraction of sp³-hybridized carbons (Fsp3) is 0.643. The van der Waals surface area contributed by atoms with E-state index in [9.17, 15) is 0 Å². The summed E-state index contributed by atoms with van der Waals surface area (Å²) in [6.45, 7) is 9.24. The van der Waals surface area contributed by atoms with E-state index < -0.39 is 0 Å². The van der Waals surface area contributed by atoms with Gasteiger partial charge in [0.2, 0.25) is 5.88 Å². The quantitative estimate of drug-likeness (QED) is 0.895. The molecule has 1 aliphatic heterocycles. The minimum Gasteiger partial charge on any atom is -0.476 e. The van der Waals surface area contributed by atoms with E-state index in [0.717, 1.165) is 18.9 Å². The van der Waals surface area contributed by atoms with Gasteiger partial charge in [-0.2, -0.15) is 4.98 Å². The zero-order valence-electron chi connectivity index (χ0n) is 11.6. The van der Waals surface area contributed by atoms with Gasteiger partial charge in [-0.15, -0.1) is 0 Å². The van der Waals surface area contributed by atoms with Crippen molar-refractivity contribution < 1.29 is 4.74 Å². The third kappa shape index (κ3) is 2.86. The Morgan fingerprint density at radius 1 is 1.44 bits per heavy atom. The van der Waals surface area contributed by atoms with Crippen LogP contribution >= 0.6 is 0 Å². The van der Waals surface area contributed by atoms with Gasteiger partial charge in [0.25, 0.3) is 0 Å². The fourth-order valence-electron chi connectivity index (χ4n) is 2.49. The topological polar surface area (TPSA) is 51.4 Å². The van der Waals surface area contributed by atoms with E-state index in [4.69, 9.17) is 10.5 Å². The number of nitrogen functional groups attached to an aromatic ring is 1. The molecule has 0 spiro atoms. The lowest BCUT2D eigenvalue weighted by Gasteiger charge is -2.38. The third-order valence-corrected chi connectivity index (χ3v) is 3.38. The van der Waals surface area contributed by atoms with Crippen LogP contribution in [0.1, 0.15) is 33.6 Å². The number of rotatable bonds is 3. The molecule has 2 heterocycles. The molecule has 4 nitrogen and oxygen atoms in total. The summed E-state index contributed by atoms with van der Waals surface area (Å²) in [4.78, 5) is 6.85. The lowest BCUT2D eigenvalue weighted by Crippen LogP contribution is -2.40. The van der Waals surface area contributed by atoms with Gasteiger partial charge in [0.05, 0.1) is 12.3 Å². The highest BCUT2D eigenvalue weighted by Crippen LogP contribution is 2.32. The maximum Gasteiger partial charge on any atom is 0.239 e. The molecular weight excluding hydrogens is 226 g/mol. The first-order chi connectivity index (χ1) is 8.52. The molecule has 2 rings (SSSR count). The zero-order valence-corrected chi connectivity index (χ0v) is 11.6. The van der Waals surface area contributed by atoms with Crippen LogP contribution in [0.5, 0.6) is 5.88 Å². The molecule has 1 aromatic rings. The van der Waals surface area contributed by atoms with Crippen LogP contribution in [0.4, 0.5) is 11.5 Å². The highest BCUT2D eigenvalue weighted by Gasteiger charge is 2.27. The maximum absolute atomic E-state index is 5.85. The summed E-state index contributed by atoms with van der Waals surface area (Å²) in [5.41, 5.74) is 6.81. The van der Waals surface area contributed by atoms with Gasteiger partial charge in [-0.25, -0.2) is 0 Å². The Hall–Kier alpha value is -1.45. The van der Waals surface area contributed by atoms with E-state index >= 15 is 0 Å². The second-order valence-electron chi connectivity index (χ2n) is 5.69. The standard InChI is InChI=1S/C14H23N3O/c1-4-18-13-11(15)6-7-12(16-13)17-9-5-8-14(2,3)10-17/h6-7H,4-5,8-10,15H2,1-3H3. The number of piperidine rings is 1. The second-order valence-corrected chi connectivity index (χ2v) is 5.69. The minimum absolute atomic E-state index is 0.354. The summed E-state index contributed by atoms with van der Waals surface area (Å²) < 4.78 is 5.46. The van der Waals surface area contributed by atoms with Crippen molar-refractivity contribution in [3.63, 3.8) is 0 Å². The number of nitrogens with two attached hydrogens (primary N) is 1. The van der Waals surface area contributed by atoms with Crippen LogP contribution in [0, 0.1) is 5.41 Å². The van der Waals surface area contributed by atoms with Crippen molar-refractivity contribution in [1.82, 2.24) is 4.98 Å². The van der Waals surface area contributed by atoms with E-state index in [2.05, 4.69) is 23.7 Å². The van der Waals surface area contributed by atoms with Crippen LogP contribution in [0.3, 0.4) is 0 Å². The van der Waals surface area contributed by atoms with E-state index in [0.29, 0.717) is 23.6 Å². The molecule has 0 radical (unpaired) electrons. The lowest BCUT2D eigenvalue weighted by molar-refractivity contribution is 0.290. The summed E-state index contributed by atoms with van der Waals surface area (Å²) >= 11 is 0. The van der Waals surface area contributed by atoms with E-state index in [-0.39, 0.29) is 0 Å². The monoisotopic (exact) mass is 249 g/mol. The van der Waals surface area contributed by atoms with Crippen LogP contribution < -0.4 is 15.4 Å². The van der Waals surface area contributed by atoms with Gasteiger partial charge in [0.15, 0.2) is 0 Å². The molecule has 1 saturated heterocycles. The summed E-state index contributed by atoms with van der Waals surface area (Å²) in [5, 5.41) is 0. The van der Waals surface area contributed by atoms with Crippen molar-refractivity contribution >= 4 is 11.5 Å². The predicted molar refractivity (Wildman–Crippen MR) is 75.0 cm³/mol. The smallest absolute Gasteiger partial charge is 0.239 e. The first-order valence-corrected chi connectivity index (χ1v) is 6.66. The Bertz CT molecular complexity index is 418. The molecule has 0 aromatic carbocycles. The normalized spacial score (nSPS) is 18.7. The molecule has 0 bridgehead atoms. The SMILES string of the molecule is CCOc1nc(N2CCCC(C)(C)C2)ccc1N. The van der Waals surface area contributed by atoms with Gasteiger partial charge in [0, 0.05) is 13.1 Å². The number of pyridine rings is 1. The molecule has 0 unspecified atom stereocenters. The number of ether oxygens (including phenoxy) is 1. The Morgan fingerprint density at radius 3 is 2.89 bits per heavy atom. The van der Waals surface area contributed by atoms with Crippen molar-refractivity contribution in [3.05, 3.63) is 12.1 Å². The fourth-order valence-corrected chi connectivity index (χ4v) is 2.49. The first kappa shape index (κ1) is 13.0. The highest BCUT2D eigenvalue weighted by atomic mass is 16.5. The van der Waals surface area contributed by atoms with Gasteiger partial charge in [0.1, 0.15) is 5.82 Å². The van der Waals surface area contributed by atoms with Gasteiger partial charge >= 0.3 is 0 Å². The molecule has 18 heavy (non-hydrogen) atoms. The van der Waals surface area contributed by atoms with Gasteiger partial charge in [-0.1, -0.05) is 13.8 Å². The largest absolute Gasteiger partial charge is 0.476 e. The Morgan fingerprint density at radius 2 is 2.22 bits per heavy atom. The van der Waals surface area contributed by atoms with E-state index in [1.165, 1.54) is 12.8 Å². The van der Waals surface area contributed by atoms with Gasteiger partial charge in [-0.3, -0.25) is 0 Å². The Balaban J connectivity index is 2.20. The lowest BCUT2D eigenvalue weighted by atomic mass is 9.84. The van der Waals surface area contributed by atoms with Crippen LogP contribution in [-0.4, -0.2) is 24.7 Å². The second kappa shape index (κ2) is 5.04. The van der Waals surface area contributed by atoms with Crippen molar-refractivity contribution in [3.8, 4) is 5.88 Å². The summed E-state index contributed by atoms with van der Waals surface area (Å²) in [7, 11) is 0. The molecule has 0 atom stereocenters. The molecule has 0 saturated carbocycles. The number of anilines is 2. The van der Waals surface area contributed by atoms with Crippen molar-refractivity contribution in [1.29, 1.82) is 0 Å².